The minimum atomic E-state index is 0.169. The molecule has 82 valence electrons. The van der Waals surface area contributed by atoms with Gasteiger partial charge in [0, 0.05) is 12.4 Å². The van der Waals surface area contributed by atoms with Crippen molar-refractivity contribution in [1.82, 2.24) is 10.4 Å². The van der Waals surface area contributed by atoms with Gasteiger partial charge in [-0.1, -0.05) is 24.4 Å². The molecule has 0 aliphatic heterocycles. The quantitative estimate of drug-likeness (QED) is 0.614. The summed E-state index contributed by atoms with van der Waals surface area (Å²) < 4.78 is 0. The molecule has 3 nitrogen and oxygen atoms in total. The number of pyridine rings is 1. The van der Waals surface area contributed by atoms with E-state index in [9.17, 15) is 0 Å². The first kappa shape index (κ1) is 10.9. The molecule has 1 aliphatic carbocycles. The maximum atomic E-state index is 6.12. The lowest BCUT2D eigenvalue weighted by Crippen LogP contribution is -2.32. The van der Waals surface area contributed by atoms with E-state index in [-0.39, 0.29) is 6.04 Å². The van der Waals surface area contributed by atoms with E-state index in [1.54, 1.807) is 12.4 Å². The lowest BCUT2D eigenvalue weighted by Gasteiger charge is -2.23. The molecular weight excluding hydrogens is 210 g/mol. The Morgan fingerprint density at radius 3 is 2.80 bits per heavy atom. The summed E-state index contributed by atoms with van der Waals surface area (Å²) in [7, 11) is 0. The second kappa shape index (κ2) is 4.92. The predicted molar refractivity (Wildman–Crippen MR) is 61.3 cm³/mol. The van der Waals surface area contributed by atoms with Crippen LogP contribution in [0.15, 0.2) is 18.5 Å². The third-order valence-corrected chi connectivity index (χ3v) is 3.51. The Kier molecular flexibility index (Phi) is 3.57. The van der Waals surface area contributed by atoms with E-state index in [2.05, 4.69) is 10.4 Å². The molecule has 0 spiro atoms. The number of nitrogens with two attached hydrogens (primary N) is 1. The molecule has 1 saturated carbocycles. The van der Waals surface area contributed by atoms with Gasteiger partial charge in [-0.3, -0.25) is 16.3 Å². The van der Waals surface area contributed by atoms with Crippen LogP contribution < -0.4 is 11.3 Å². The first-order chi connectivity index (χ1) is 7.33. The molecule has 1 atom stereocenters. The maximum Gasteiger partial charge on any atom is 0.0637 e. The number of aromatic nitrogens is 1. The van der Waals surface area contributed by atoms with Crippen LogP contribution in [0.5, 0.6) is 0 Å². The van der Waals surface area contributed by atoms with Crippen molar-refractivity contribution < 1.29 is 0 Å². The highest BCUT2D eigenvalue weighted by Crippen LogP contribution is 2.37. The van der Waals surface area contributed by atoms with Gasteiger partial charge in [0.15, 0.2) is 0 Å². The molecule has 0 bridgehead atoms. The second-order valence-electron chi connectivity index (χ2n) is 4.09. The van der Waals surface area contributed by atoms with E-state index >= 15 is 0 Å². The zero-order valence-corrected chi connectivity index (χ0v) is 9.37. The number of rotatable bonds is 3. The van der Waals surface area contributed by atoms with Gasteiger partial charge in [-0.25, -0.2) is 0 Å². The van der Waals surface area contributed by atoms with Crippen molar-refractivity contribution in [1.29, 1.82) is 0 Å². The Hall–Kier alpha value is -0.640. The smallest absolute Gasteiger partial charge is 0.0637 e. The molecule has 1 fully saturated rings. The molecule has 15 heavy (non-hydrogen) atoms. The van der Waals surface area contributed by atoms with Crippen molar-refractivity contribution in [3.8, 4) is 0 Å². The average Bonchev–Trinajstić information content (AvgIpc) is 2.75. The molecule has 3 N–H and O–H groups in total. The van der Waals surface area contributed by atoms with Crippen LogP contribution in [-0.2, 0) is 0 Å². The van der Waals surface area contributed by atoms with Gasteiger partial charge in [-0.2, -0.15) is 0 Å². The molecule has 1 unspecified atom stereocenters. The fraction of sp³-hybridized carbons (Fsp3) is 0.545. The van der Waals surface area contributed by atoms with Crippen LogP contribution in [0.25, 0.3) is 0 Å². The Balaban J connectivity index is 2.22. The topological polar surface area (TPSA) is 50.9 Å². The first-order valence-corrected chi connectivity index (χ1v) is 5.76. The van der Waals surface area contributed by atoms with E-state index in [0.29, 0.717) is 10.9 Å². The molecule has 0 radical (unpaired) electrons. The van der Waals surface area contributed by atoms with Crippen molar-refractivity contribution in [3.63, 3.8) is 0 Å². The second-order valence-corrected chi connectivity index (χ2v) is 4.49. The van der Waals surface area contributed by atoms with Crippen molar-refractivity contribution in [2.24, 2.45) is 11.8 Å². The fourth-order valence-electron chi connectivity index (χ4n) is 2.41. The van der Waals surface area contributed by atoms with Crippen LogP contribution >= 0.6 is 11.6 Å². The highest BCUT2D eigenvalue weighted by Gasteiger charge is 2.26. The Morgan fingerprint density at radius 1 is 1.47 bits per heavy atom. The molecule has 1 aromatic rings. The average molecular weight is 226 g/mol. The maximum absolute atomic E-state index is 6.12. The van der Waals surface area contributed by atoms with Gasteiger partial charge in [0.2, 0.25) is 0 Å². The van der Waals surface area contributed by atoms with E-state index in [1.807, 2.05) is 6.07 Å². The van der Waals surface area contributed by atoms with Crippen LogP contribution in [0.1, 0.15) is 37.3 Å². The zero-order valence-electron chi connectivity index (χ0n) is 8.62. The zero-order chi connectivity index (χ0) is 10.7. The summed E-state index contributed by atoms with van der Waals surface area (Å²) in [5.41, 5.74) is 3.96. The Bertz CT molecular complexity index is 323. The van der Waals surface area contributed by atoms with E-state index in [0.717, 1.165) is 5.56 Å². The van der Waals surface area contributed by atoms with Crippen LogP contribution in [0.3, 0.4) is 0 Å². The molecule has 1 heterocycles. The Morgan fingerprint density at radius 2 is 2.20 bits per heavy atom. The van der Waals surface area contributed by atoms with Crippen LogP contribution in [-0.4, -0.2) is 4.98 Å². The van der Waals surface area contributed by atoms with Crippen molar-refractivity contribution in [2.75, 3.05) is 0 Å². The van der Waals surface area contributed by atoms with Crippen LogP contribution in [0, 0.1) is 5.92 Å². The number of halogens is 1. The minimum Gasteiger partial charge on any atom is -0.271 e. The standard InChI is InChI=1S/C11H16ClN3/c12-10-7-14-6-5-9(10)11(15-13)8-3-1-2-4-8/h5-8,11,15H,1-4,13H2. The molecule has 0 saturated heterocycles. The Labute approximate surface area is 95.0 Å². The lowest BCUT2D eigenvalue weighted by molar-refractivity contribution is 0.373. The lowest BCUT2D eigenvalue weighted by atomic mass is 9.93. The summed E-state index contributed by atoms with van der Waals surface area (Å²) in [4.78, 5) is 3.99. The first-order valence-electron chi connectivity index (χ1n) is 5.38. The number of hydrogen-bond donors (Lipinski definition) is 2. The van der Waals surface area contributed by atoms with Crippen LogP contribution in [0.4, 0.5) is 0 Å². The highest BCUT2D eigenvalue weighted by atomic mass is 35.5. The molecule has 4 heteroatoms. The SMILES string of the molecule is NNC(c1ccncc1Cl)C1CCCC1. The number of nitrogens with zero attached hydrogens (tertiary/aromatic N) is 1. The van der Waals surface area contributed by atoms with Gasteiger partial charge in [-0.05, 0) is 30.4 Å². The van der Waals surface area contributed by atoms with Crippen molar-refractivity contribution in [3.05, 3.63) is 29.0 Å². The number of nitrogens with one attached hydrogen (secondary N) is 1. The molecule has 1 aliphatic rings. The van der Waals surface area contributed by atoms with E-state index in [4.69, 9.17) is 17.4 Å². The molecule has 0 amide bonds. The summed E-state index contributed by atoms with van der Waals surface area (Å²) in [6, 6.07) is 2.12. The van der Waals surface area contributed by atoms with E-state index in [1.165, 1.54) is 25.7 Å². The number of hydrogen-bond acceptors (Lipinski definition) is 3. The highest BCUT2D eigenvalue weighted by molar-refractivity contribution is 6.31. The predicted octanol–water partition coefficient (Wildman–Crippen LogP) is 2.43. The van der Waals surface area contributed by atoms with Gasteiger partial charge in [0.25, 0.3) is 0 Å². The van der Waals surface area contributed by atoms with Gasteiger partial charge >= 0.3 is 0 Å². The summed E-state index contributed by atoms with van der Waals surface area (Å²) >= 11 is 6.12. The normalized spacial score (nSPS) is 19.3. The summed E-state index contributed by atoms with van der Waals surface area (Å²) in [5, 5.41) is 0.701. The van der Waals surface area contributed by atoms with Gasteiger partial charge in [0.1, 0.15) is 0 Å². The van der Waals surface area contributed by atoms with E-state index < -0.39 is 0 Å². The summed E-state index contributed by atoms with van der Waals surface area (Å²) in [5.74, 6) is 6.23. The minimum absolute atomic E-state index is 0.169. The van der Waals surface area contributed by atoms with Crippen molar-refractivity contribution >= 4 is 11.6 Å². The van der Waals surface area contributed by atoms with Crippen molar-refractivity contribution in [2.45, 2.75) is 31.7 Å². The monoisotopic (exact) mass is 225 g/mol. The third-order valence-electron chi connectivity index (χ3n) is 3.19. The van der Waals surface area contributed by atoms with Crippen LogP contribution in [0.2, 0.25) is 5.02 Å². The van der Waals surface area contributed by atoms with Gasteiger partial charge in [0.05, 0.1) is 11.1 Å². The van der Waals surface area contributed by atoms with Gasteiger partial charge < -0.3 is 0 Å². The van der Waals surface area contributed by atoms with Gasteiger partial charge in [-0.15, -0.1) is 0 Å². The fourth-order valence-corrected chi connectivity index (χ4v) is 2.65. The number of hydrazine groups is 1. The molecule has 1 aromatic heterocycles. The summed E-state index contributed by atoms with van der Waals surface area (Å²) in [6.45, 7) is 0. The third kappa shape index (κ3) is 2.30. The molecule has 0 aromatic carbocycles. The molecule has 2 rings (SSSR count). The molecular formula is C11H16ClN3. The summed E-state index contributed by atoms with van der Waals surface area (Å²) in [6.07, 6.45) is 8.49. The largest absolute Gasteiger partial charge is 0.271 e.